The smallest absolute Gasteiger partial charge is 0.277 e. The molecule has 0 atom stereocenters. The van der Waals surface area contributed by atoms with Crippen LogP contribution in [0.1, 0.15) is 55.0 Å². The Morgan fingerprint density at radius 2 is 2.00 bits per heavy atom. The van der Waals surface area contributed by atoms with Crippen molar-refractivity contribution in [1.82, 2.24) is 19.4 Å². The Labute approximate surface area is 215 Å². The minimum atomic E-state index is -0.778. The summed E-state index contributed by atoms with van der Waals surface area (Å²) in [7, 11) is 0. The molecule has 10 nitrogen and oxygen atoms in total. The number of imidazole rings is 1. The number of oxazole rings is 1. The first kappa shape index (κ1) is 24.9. The number of carbonyl (C=O) groups excluding carboxylic acids is 1. The van der Waals surface area contributed by atoms with Crippen molar-refractivity contribution in [3.63, 3.8) is 0 Å². The van der Waals surface area contributed by atoms with E-state index in [2.05, 4.69) is 20.2 Å². The number of aromatic nitrogens is 4. The molecule has 0 bridgehead atoms. The van der Waals surface area contributed by atoms with Gasteiger partial charge in [-0.05, 0) is 58.6 Å². The van der Waals surface area contributed by atoms with E-state index in [4.69, 9.17) is 9.40 Å². The van der Waals surface area contributed by atoms with Crippen molar-refractivity contribution in [2.24, 2.45) is 0 Å². The van der Waals surface area contributed by atoms with Crippen LogP contribution in [-0.2, 0) is 6.42 Å². The molecule has 10 heteroatoms. The topological polar surface area (TPSA) is 129 Å². The molecule has 0 aliphatic carbocycles. The highest BCUT2D eigenvalue weighted by Crippen LogP contribution is 2.31. The van der Waals surface area contributed by atoms with Gasteiger partial charge in [0.2, 0.25) is 5.89 Å². The van der Waals surface area contributed by atoms with Gasteiger partial charge in [-0.25, -0.2) is 9.97 Å². The average molecular weight is 505 g/mol. The third kappa shape index (κ3) is 5.81. The van der Waals surface area contributed by atoms with Gasteiger partial charge < -0.3 is 29.2 Å². The monoisotopic (exact) mass is 504 g/mol. The highest BCUT2D eigenvalue weighted by atomic mass is 16.3. The third-order valence-corrected chi connectivity index (χ3v) is 6.55. The first-order valence-electron chi connectivity index (χ1n) is 12.5. The molecular formula is C27H32N6O4. The van der Waals surface area contributed by atoms with E-state index in [0.717, 1.165) is 28.3 Å². The fraction of sp³-hybridized carbons (Fsp3) is 0.407. The molecule has 1 fully saturated rings. The number of aryl methyl sites for hydroxylation is 2. The minimum Gasteiger partial charge on any atom is -0.444 e. The molecule has 4 aromatic heterocycles. The Kier molecular flexibility index (Phi) is 6.70. The van der Waals surface area contributed by atoms with Crippen LogP contribution >= 0.6 is 0 Å². The zero-order valence-corrected chi connectivity index (χ0v) is 21.3. The van der Waals surface area contributed by atoms with Crippen LogP contribution in [0.3, 0.4) is 0 Å². The molecule has 3 N–H and O–H groups in total. The average Bonchev–Trinajstić information content (AvgIpc) is 3.50. The van der Waals surface area contributed by atoms with Gasteiger partial charge in [-0.15, -0.1) is 0 Å². The van der Waals surface area contributed by atoms with E-state index in [9.17, 15) is 15.0 Å². The van der Waals surface area contributed by atoms with Crippen molar-refractivity contribution in [3.05, 3.63) is 60.1 Å². The number of hydrogen-bond donors (Lipinski definition) is 3. The number of nitrogens with one attached hydrogen (secondary N) is 1. The van der Waals surface area contributed by atoms with Crippen LogP contribution < -0.4 is 10.2 Å². The molecule has 0 spiro atoms. The molecular weight excluding hydrogens is 472 g/mol. The molecule has 0 radical (unpaired) electrons. The number of aliphatic hydroxyl groups is 2. The summed E-state index contributed by atoms with van der Waals surface area (Å²) in [6.07, 6.45) is 9.00. The zero-order chi connectivity index (χ0) is 26.2. The largest absolute Gasteiger partial charge is 0.444 e. The van der Waals surface area contributed by atoms with Crippen molar-refractivity contribution in [2.45, 2.75) is 58.2 Å². The van der Waals surface area contributed by atoms with Crippen molar-refractivity contribution in [2.75, 3.05) is 23.3 Å². The predicted molar refractivity (Wildman–Crippen MR) is 140 cm³/mol. The second-order valence-electron chi connectivity index (χ2n) is 10.3. The minimum absolute atomic E-state index is 0.168. The molecule has 1 amide bonds. The number of aliphatic hydroxyl groups excluding tert-OH is 1. The molecule has 37 heavy (non-hydrogen) atoms. The fourth-order valence-corrected chi connectivity index (χ4v) is 4.47. The first-order chi connectivity index (χ1) is 17.6. The molecule has 5 heterocycles. The number of fused-ring (bicyclic) bond motifs is 1. The number of anilines is 2. The summed E-state index contributed by atoms with van der Waals surface area (Å²) < 4.78 is 7.46. The van der Waals surface area contributed by atoms with E-state index >= 15 is 0 Å². The number of nitrogens with zero attached hydrogens (tertiary/aromatic N) is 5. The Morgan fingerprint density at radius 1 is 1.22 bits per heavy atom. The van der Waals surface area contributed by atoms with E-state index in [1.165, 1.54) is 6.26 Å². The number of piperidine rings is 1. The summed E-state index contributed by atoms with van der Waals surface area (Å²) in [6.45, 7) is 6.78. The molecule has 0 unspecified atom stereocenters. The zero-order valence-electron chi connectivity index (χ0n) is 21.3. The van der Waals surface area contributed by atoms with Crippen LogP contribution in [0.25, 0.3) is 17.1 Å². The van der Waals surface area contributed by atoms with Crippen LogP contribution in [0, 0.1) is 6.92 Å². The quantitative estimate of drug-likeness (QED) is 0.348. The van der Waals surface area contributed by atoms with Gasteiger partial charge in [0.25, 0.3) is 5.91 Å². The first-order valence-corrected chi connectivity index (χ1v) is 12.5. The van der Waals surface area contributed by atoms with Crippen molar-refractivity contribution in [3.8, 4) is 11.5 Å². The van der Waals surface area contributed by atoms with E-state index in [-0.39, 0.29) is 17.7 Å². The number of amides is 1. The maximum Gasteiger partial charge on any atom is 0.277 e. The lowest BCUT2D eigenvalue weighted by atomic mass is 10.0. The van der Waals surface area contributed by atoms with Gasteiger partial charge >= 0.3 is 0 Å². The standard InChI is InChI=1S/C27H32N6O4/c1-17-12-18(5-9-28-17)26-31-22(16-37-26)25(35)30-21-15-33-14-19(4-8-27(2,3)36)29-24(33)13-23(21)32-10-6-20(34)7-11-32/h5,9,12-16,20,34,36H,4,6-8,10-11H2,1-3H3,(H,30,35). The fourth-order valence-electron chi connectivity index (χ4n) is 4.47. The van der Waals surface area contributed by atoms with Gasteiger partial charge in [-0.1, -0.05) is 0 Å². The SMILES string of the molecule is Cc1cc(-c2nc(C(=O)Nc3cn4cc(CCC(C)(C)O)nc4cc3N3CCC(O)CC3)co2)ccn1. The summed E-state index contributed by atoms with van der Waals surface area (Å²) >= 11 is 0. The Hall–Kier alpha value is -3.76. The molecule has 1 saturated heterocycles. The maximum absolute atomic E-state index is 13.2. The summed E-state index contributed by atoms with van der Waals surface area (Å²) in [4.78, 5) is 28.7. The molecule has 194 valence electrons. The van der Waals surface area contributed by atoms with Gasteiger partial charge in [-0.3, -0.25) is 9.78 Å². The number of pyridine rings is 2. The molecule has 1 aliphatic heterocycles. The molecule has 4 aromatic rings. The van der Waals surface area contributed by atoms with Crippen molar-refractivity contribution < 1.29 is 19.4 Å². The van der Waals surface area contributed by atoms with Gasteiger partial charge in [0, 0.05) is 49.0 Å². The lowest BCUT2D eigenvalue weighted by molar-refractivity contribution is 0.0711. The Balaban J connectivity index is 1.44. The van der Waals surface area contributed by atoms with E-state index in [1.54, 1.807) is 26.1 Å². The lowest BCUT2D eigenvalue weighted by Gasteiger charge is -2.32. The van der Waals surface area contributed by atoms with Gasteiger partial charge in [0.05, 0.1) is 28.8 Å². The van der Waals surface area contributed by atoms with Gasteiger partial charge in [0.1, 0.15) is 11.9 Å². The summed E-state index contributed by atoms with van der Waals surface area (Å²) in [6, 6.07) is 5.58. The van der Waals surface area contributed by atoms with Crippen LogP contribution in [0.5, 0.6) is 0 Å². The predicted octanol–water partition coefficient (Wildman–Crippen LogP) is 3.61. The third-order valence-electron chi connectivity index (χ3n) is 6.55. The van der Waals surface area contributed by atoms with E-state index in [0.29, 0.717) is 50.4 Å². The maximum atomic E-state index is 13.2. The number of rotatable bonds is 7. The van der Waals surface area contributed by atoms with Crippen LogP contribution in [0.4, 0.5) is 11.4 Å². The van der Waals surface area contributed by atoms with E-state index < -0.39 is 5.60 Å². The van der Waals surface area contributed by atoms with Gasteiger partial charge in [0.15, 0.2) is 5.69 Å². The normalized spacial score (nSPS) is 14.9. The molecule has 5 rings (SSSR count). The summed E-state index contributed by atoms with van der Waals surface area (Å²) in [5.74, 6) is -0.0387. The lowest BCUT2D eigenvalue weighted by Crippen LogP contribution is -2.36. The van der Waals surface area contributed by atoms with Crippen molar-refractivity contribution in [1.29, 1.82) is 0 Å². The highest BCUT2D eigenvalue weighted by Gasteiger charge is 2.23. The summed E-state index contributed by atoms with van der Waals surface area (Å²) in [5.41, 5.74) is 4.03. The number of hydrogen-bond acceptors (Lipinski definition) is 8. The highest BCUT2D eigenvalue weighted by molar-refractivity contribution is 6.04. The number of carbonyl (C=O) groups is 1. The Bertz CT molecular complexity index is 1410. The Morgan fingerprint density at radius 3 is 2.73 bits per heavy atom. The molecule has 0 aromatic carbocycles. The van der Waals surface area contributed by atoms with Gasteiger partial charge in [-0.2, -0.15) is 0 Å². The second kappa shape index (κ2) is 9.95. The van der Waals surface area contributed by atoms with E-state index in [1.807, 2.05) is 35.9 Å². The molecule has 1 aliphatic rings. The van der Waals surface area contributed by atoms with Crippen molar-refractivity contribution >= 4 is 22.9 Å². The van der Waals surface area contributed by atoms with Crippen LogP contribution in [0.15, 0.2) is 47.5 Å². The second-order valence-corrected chi connectivity index (χ2v) is 10.3. The van der Waals surface area contributed by atoms with Crippen LogP contribution in [-0.4, -0.2) is 60.3 Å². The van der Waals surface area contributed by atoms with Crippen LogP contribution in [0.2, 0.25) is 0 Å². The summed E-state index contributed by atoms with van der Waals surface area (Å²) in [5, 5.41) is 23.1. The molecule has 0 saturated carbocycles.